The van der Waals surface area contributed by atoms with Crippen molar-refractivity contribution in [2.75, 3.05) is 23.8 Å². The highest BCUT2D eigenvalue weighted by molar-refractivity contribution is 7.99. The third kappa shape index (κ3) is 4.97. The standard InChI is InChI=1S/C15H24N2O4S2/c1-4-5-7-17(13-6-8-23(19,20)10-13)14(18)9-22-15-16-11(2)12(3)21-15/h13H,4-10H2,1-3H3. The summed E-state index contributed by atoms with van der Waals surface area (Å²) in [5.41, 5.74) is 0.824. The Labute approximate surface area is 141 Å². The van der Waals surface area contributed by atoms with Gasteiger partial charge in [-0.2, -0.15) is 0 Å². The van der Waals surface area contributed by atoms with Gasteiger partial charge in [0.1, 0.15) is 5.76 Å². The molecule has 0 radical (unpaired) electrons. The topological polar surface area (TPSA) is 80.5 Å². The van der Waals surface area contributed by atoms with Crippen molar-refractivity contribution in [2.24, 2.45) is 0 Å². The molecule has 130 valence electrons. The molecule has 1 aliphatic heterocycles. The van der Waals surface area contributed by atoms with Crippen LogP contribution in [0.5, 0.6) is 0 Å². The molecule has 0 N–H and O–H groups in total. The number of aryl methyl sites for hydroxylation is 2. The molecule has 2 heterocycles. The van der Waals surface area contributed by atoms with Gasteiger partial charge in [0.25, 0.3) is 5.22 Å². The first-order valence-corrected chi connectivity index (χ1v) is 10.7. The van der Waals surface area contributed by atoms with Gasteiger partial charge >= 0.3 is 0 Å². The molecule has 23 heavy (non-hydrogen) atoms. The van der Waals surface area contributed by atoms with Crippen LogP contribution >= 0.6 is 11.8 Å². The van der Waals surface area contributed by atoms with Crippen molar-refractivity contribution < 1.29 is 17.6 Å². The maximum absolute atomic E-state index is 12.6. The molecular weight excluding hydrogens is 336 g/mol. The number of aromatic nitrogens is 1. The first-order valence-electron chi connectivity index (χ1n) is 7.89. The van der Waals surface area contributed by atoms with E-state index in [1.54, 1.807) is 4.90 Å². The molecule has 0 saturated carbocycles. The summed E-state index contributed by atoms with van der Waals surface area (Å²) in [4.78, 5) is 18.5. The third-order valence-electron chi connectivity index (χ3n) is 4.05. The highest BCUT2D eigenvalue weighted by Crippen LogP contribution is 2.23. The Hall–Kier alpha value is -1.02. The molecule has 1 unspecified atom stereocenters. The molecule has 8 heteroatoms. The number of carbonyl (C=O) groups is 1. The molecule has 1 fully saturated rings. The SMILES string of the molecule is CCCCN(C(=O)CSc1nc(C)c(C)o1)C1CCS(=O)(=O)C1. The van der Waals surface area contributed by atoms with Crippen LogP contribution in [0.1, 0.15) is 37.6 Å². The second kappa shape index (κ2) is 7.70. The van der Waals surface area contributed by atoms with Crippen molar-refractivity contribution in [1.82, 2.24) is 9.88 Å². The van der Waals surface area contributed by atoms with Crippen molar-refractivity contribution in [3.05, 3.63) is 11.5 Å². The summed E-state index contributed by atoms with van der Waals surface area (Å²) in [5.74, 6) is 1.20. The number of thioether (sulfide) groups is 1. The lowest BCUT2D eigenvalue weighted by molar-refractivity contribution is -0.130. The van der Waals surface area contributed by atoms with Gasteiger partial charge in [-0.1, -0.05) is 25.1 Å². The normalized spacial score (nSPS) is 19.9. The highest BCUT2D eigenvalue weighted by atomic mass is 32.2. The summed E-state index contributed by atoms with van der Waals surface area (Å²) in [5, 5.41) is 0.489. The van der Waals surface area contributed by atoms with Crippen LogP contribution in [0.3, 0.4) is 0 Å². The van der Waals surface area contributed by atoms with E-state index in [1.807, 2.05) is 13.8 Å². The van der Waals surface area contributed by atoms with Crippen LogP contribution in [0.2, 0.25) is 0 Å². The molecule has 1 aliphatic rings. The van der Waals surface area contributed by atoms with Crippen LogP contribution in [0.25, 0.3) is 0 Å². The number of sulfone groups is 1. The molecule has 0 aliphatic carbocycles. The lowest BCUT2D eigenvalue weighted by atomic mass is 10.2. The molecule has 0 bridgehead atoms. The first kappa shape index (κ1) is 18.3. The number of oxazole rings is 1. The zero-order valence-corrected chi connectivity index (χ0v) is 15.5. The molecule has 6 nitrogen and oxygen atoms in total. The molecular formula is C15H24N2O4S2. The Morgan fingerprint density at radius 2 is 2.17 bits per heavy atom. The summed E-state index contributed by atoms with van der Waals surface area (Å²) in [7, 11) is -3.00. The van der Waals surface area contributed by atoms with Crippen molar-refractivity contribution in [1.29, 1.82) is 0 Å². The van der Waals surface area contributed by atoms with Gasteiger partial charge in [0.2, 0.25) is 5.91 Å². The van der Waals surface area contributed by atoms with E-state index in [4.69, 9.17) is 4.42 Å². The number of rotatable bonds is 7. The molecule has 1 saturated heterocycles. The smallest absolute Gasteiger partial charge is 0.256 e. The van der Waals surface area contributed by atoms with Gasteiger partial charge in [-0.3, -0.25) is 4.79 Å². The maximum atomic E-state index is 12.6. The Morgan fingerprint density at radius 3 is 2.70 bits per heavy atom. The Kier molecular flexibility index (Phi) is 6.13. The Bertz CT molecular complexity index is 635. The number of amides is 1. The van der Waals surface area contributed by atoms with Crippen molar-refractivity contribution in [3.8, 4) is 0 Å². The van der Waals surface area contributed by atoms with Crippen molar-refractivity contribution in [3.63, 3.8) is 0 Å². The zero-order valence-electron chi connectivity index (χ0n) is 13.9. The molecule has 0 spiro atoms. The molecule has 1 aromatic heterocycles. The van der Waals surface area contributed by atoms with E-state index in [2.05, 4.69) is 11.9 Å². The largest absolute Gasteiger partial charge is 0.437 e. The fraction of sp³-hybridized carbons (Fsp3) is 0.733. The van der Waals surface area contributed by atoms with Crippen LogP contribution in [0.15, 0.2) is 9.64 Å². The molecule has 2 rings (SSSR count). The van der Waals surface area contributed by atoms with Gasteiger partial charge in [-0.05, 0) is 26.7 Å². The van der Waals surface area contributed by atoms with Crippen LogP contribution in [0, 0.1) is 13.8 Å². The van der Waals surface area contributed by atoms with Crippen molar-refractivity contribution in [2.45, 2.75) is 51.3 Å². The van der Waals surface area contributed by atoms with Gasteiger partial charge in [0.05, 0.1) is 23.0 Å². The Morgan fingerprint density at radius 1 is 1.43 bits per heavy atom. The van der Waals surface area contributed by atoms with E-state index in [0.29, 0.717) is 18.2 Å². The van der Waals surface area contributed by atoms with Gasteiger partial charge < -0.3 is 9.32 Å². The van der Waals surface area contributed by atoms with Gasteiger partial charge in [0.15, 0.2) is 9.84 Å². The molecule has 1 aromatic rings. The number of hydrogen-bond acceptors (Lipinski definition) is 6. The minimum Gasteiger partial charge on any atom is -0.437 e. The lowest BCUT2D eigenvalue weighted by Crippen LogP contribution is -2.42. The zero-order chi connectivity index (χ0) is 17.0. The van der Waals surface area contributed by atoms with Crippen LogP contribution < -0.4 is 0 Å². The summed E-state index contributed by atoms with van der Waals surface area (Å²) in [6.45, 7) is 6.37. The quantitative estimate of drug-likeness (QED) is 0.694. The first-order chi connectivity index (χ1) is 10.8. The summed E-state index contributed by atoms with van der Waals surface area (Å²) >= 11 is 1.27. The van der Waals surface area contributed by atoms with Crippen LogP contribution in [0.4, 0.5) is 0 Å². The van der Waals surface area contributed by atoms with E-state index in [-0.39, 0.29) is 29.2 Å². The summed E-state index contributed by atoms with van der Waals surface area (Å²) < 4.78 is 28.9. The molecule has 1 atom stereocenters. The second-order valence-electron chi connectivity index (χ2n) is 5.91. The number of unbranched alkanes of at least 4 members (excludes halogenated alkanes) is 1. The third-order valence-corrected chi connectivity index (χ3v) is 6.61. The number of hydrogen-bond donors (Lipinski definition) is 0. The average Bonchev–Trinajstić information content (AvgIpc) is 3.00. The van der Waals surface area contributed by atoms with Gasteiger partial charge in [0, 0.05) is 12.6 Å². The number of carbonyl (C=O) groups excluding carboxylic acids is 1. The second-order valence-corrected chi connectivity index (χ2v) is 9.06. The average molecular weight is 361 g/mol. The summed E-state index contributed by atoms with van der Waals surface area (Å²) in [6.07, 6.45) is 2.39. The minimum absolute atomic E-state index is 0.0425. The van der Waals surface area contributed by atoms with Gasteiger partial charge in [-0.25, -0.2) is 13.4 Å². The fourth-order valence-corrected chi connectivity index (χ4v) is 5.10. The molecule has 1 amide bonds. The van der Waals surface area contributed by atoms with Gasteiger partial charge in [-0.15, -0.1) is 0 Å². The number of nitrogens with zero attached hydrogens (tertiary/aromatic N) is 2. The van der Waals surface area contributed by atoms with Crippen LogP contribution in [-0.4, -0.2) is 54.1 Å². The predicted octanol–water partition coefficient (Wildman–Crippen LogP) is 2.20. The Balaban J connectivity index is 1.98. The minimum atomic E-state index is -3.00. The lowest BCUT2D eigenvalue weighted by Gasteiger charge is -2.28. The predicted molar refractivity (Wildman–Crippen MR) is 90.4 cm³/mol. The molecule has 0 aromatic carbocycles. The van der Waals surface area contributed by atoms with E-state index >= 15 is 0 Å². The van der Waals surface area contributed by atoms with Crippen molar-refractivity contribution >= 4 is 27.5 Å². The summed E-state index contributed by atoms with van der Waals surface area (Å²) in [6, 6.07) is -0.187. The van der Waals surface area contributed by atoms with E-state index in [1.165, 1.54) is 11.8 Å². The van der Waals surface area contributed by atoms with Crippen LogP contribution in [-0.2, 0) is 14.6 Å². The monoisotopic (exact) mass is 360 g/mol. The fourth-order valence-electron chi connectivity index (χ4n) is 2.57. The van der Waals surface area contributed by atoms with E-state index < -0.39 is 9.84 Å². The van der Waals surface area contributed by atoms with E-state index in [0.717, 1.165) is 24.3 Å². The van der Waals surface area contributed by atoms with E-state index in [9.17, 15) is 13.2 Å². The maximum Gasteiger partial charge on any atom is 0.256 e. The highest BCUT2D eigenvalue weighted by Gasteiger charge is 2.34.